The fraction of sp³-hybridized carbons (Fsp3) is 0.400. The molecule has 132 valence electrons. The fourth-order valence-electron chi connectivity index (χ4n) is 3.71. The Bertz CT molecular complexity index is 763. The van der Waals surface area contributed by atoms with Gasteiger partial charge in [0.05, 0.1) is 19.3 Å². The molecular weight excluding hydrogens is 314 g/mol. The predicted octanol–water partition coefficient (Wildman–Crippen LogP) is 2.37. The molecule has 2 aromatic carbocycles. The zero-order chi connectivity index (χ0) is 17.2. The van der Waals surface area contributed by atoms with E-state index in [9.17, 15) is 0 Å². The zero-order valence-electron chi connectivity index (χ0n) is 14.7. The second-order valence-corrected chi connectivity index (χ2v) is 6.71. The Balaban J connectivity index is 1.65. The van der Waals surface area contributed by atoms with Crippen LogP contribution in [0.25, 0.3) is 0 Å². The summed E-state index contributed by atoms with van der Waals surface area (Å²) in [5.74, 6) is 7.93. The van der Waals surface area contributed by atoms with Crippen LogP contribution < -0.4 is 20.2 Å². The molecule has 0 fully saturated rings. The number of hydrogen-bond acceptors (Lipinski definition) is 5. The molecule has 0 radical (unpaired) electrons. The van der Waals surface area contributed by atoms with Gasteiger partial charge in [-0.1, -0.05) is 18.2 Å². The third kappa shape index (κ3) is 3.30. The number of methoxy groups -OCH3 is 1. The SMILES string of the molecule is COc1ccccc1CN1CCOc2cc3c(cc21)CCN(N)CC3. The maximum atomic E-state index is 6.01. The lowest BCUT2D eigenvalue weighted by Gasteiger charge is -2.32. The second kappa shape index (κ2) is 6.94. The van der Waals surface area contributed by atoms with E-state index in [4.69, 9.17) is 15.3 Å². The molecule has 0 spiro atoms. The smallest absolute Gasteiger partial charge is 0.142 e. The van der Waals surface area contributed by atoms with E-state index in [1.807, 2.05) is 17.1 Å². The normalized spacial score (nSPS) is 17.3. The van der Waals surface area contributed by atoms with Crippen LogP contribution >= 0.6 is 0 Å². The van der Waals surface area contributed by atoms with E-state index < -0.39 is 0 Å². The topological polar surface area (TPSA) is 51.0 Å². The first-order valence-corrected chi connectivity index (χ1v) is 8.89. The molecule has 5 nitrogen and oxygen atoms in total. The highest BCUT2D eigenvalue weighted by molar-refractivity contribution is 5.64. The van der Waals surface area contributed by atoms with Crippen molar-refractivity contribution in [1.29, 1.82) is 0 Å². The van der Waals surface area contributed by atoms with Crippen LogP contribution in [-0.4, -0.2) is 38.4 Å². The van der Waals surface area contributed by atoms with Crippen LogP contribution in [0.15, 0.2) is 36.4 Å². The van der Waals surface area contributed by atoms with Gasteiger partial charge in [0.2, 0.25) is 0 Å². The molecule has 0 atom stereocenters. The van der Waals surface area contributed by atoms with Gasteiger partial charge in [-0.25, -0.2) is 5.01 Å². The quantitative estimate of drug-likeness (QED) is 0.870. The van der Waals surface area contributed by atoms with E-state index in [0.29, 0.717) is 6.61 Å². The van der Waals surface area contributed by atoms with Crippen molar-refractivity contribution in [2.45, 2.75) is 19.4 Å². The molecule has 0 saturated carbocycles. The predicted molar refractivity (Wildman–Crippen MR) is 99.1 cm³/mol. The summed E-state index contributed by atoms with van der Waals surface area (Å²) >= 11 is 0. The molecule has 0 amide bonds. The number of benzene rings is 2. The summed E-state index contributed by atoms with van der Waals surface area (Å²) < 4.78 is 11.5. The Kier molecular flexibility index (Phi) is 4.51. The number of nitrogens with two attached hydrogens (primary N) is 1. The lowest BCUT2D eigenvalue weighted by molar-refractivity contribution is 0.298. The van der Waals surface area contributed by atoms with Crippen molar-refractivity contribution in [2.75, 3.05) is 38.3 Å². The second-order valence-electron chi connectivity index (χ2n) is 6.71. The molecule has 0 unspecified atom stereocenters. The lowest BCUT2D eigenvalue weighted by atomic mass is 10.00. The molecule has 4 rings (SSSR count). The third-order valence-electron chi connectivity index (χ3n) is 5.13. The van der Waals surface area contributed by atoms with Crippen LogP contribution in [0.4, 0.5) is 5.69 Å². The van der Waals surface area contributed by atoms with Gasteiger partial charge >= 0.3 is 0 Å². The Morgan fingerprint density at radius 2 is 1.84 bits per heavy atom. The summed E-state index contributed by atoms with van der Waals surface area (Å²) in [6, 6.07) is 12.7. The van der Waals surface area contributed by atoms with Gasteiger partial charge in [-0.3, -0.25) is 5.84 Å². The Morgan fingerprint density at radius 1 is 1.08 bits per heavy atom. The van der Waals surface area contributed by atoms with Crippen molar-refractivity contribution >= 4 is 5.69 Å². The van der Waals surface area contributed by atoms with Gasteiger partial charge in [0.15, 0.2) is 0 Å². The third-order valence-corrected chi connectivity index (χ3v) is 5.13. The van der Waals surface area contributed by atoms with Gasteiger partial charge in [0.25, 0.3) is 0 Å². The minimum absolute atomic E-state index is 0.712. The van der Waals surface area contributed by atoms with Crippen LogP contribution in [-0.2, 0) is 19.4 Å². The molecule has 2 heterocycles. The van der Waals surface area contributed by atoms with Crippen LogP contribution in [0.2, 0.25) is 0 Å². The average Bonchev–Trinajstić information content (AvgIpc) is 2.82. The average molecular weight is 339 g/mol. The van der Waals surface area contributed by atoms with E-state index in [1.165, 1.54) is 22.4 Å². The molecule has 0 bridgehead atoms. The van der Waals surface area contributed by atoms with Gasteiger partial charge in [-0.2, -0.15) is 0 Å². The van der Waals surface area contributed by atoms with Gasteiger partial charge in [-0.15, -0.1) is 0 Å². The maximum absolute atomic E-state index is 6.01. The summed E-state index contributed by atoms with van der Waals surface area (Å²) in [5.41, 5.74) is 5.13. The number of anilines is 1. The first-order chi connectivity index (χ1) is 12.2. The first-order valence-electron chi connectivity index (χ1n) is 8.89. The first kappa shape index (κ1) is 16.2. The Morgan fingerprint density at radius 3 is 2.64 bits per heavy atom. The van der Waals surface area contributed by atoms with Crippen molar-refractivity contribution in [3.05, 3.63) is 53.1 Å². The molecule has 0 aromatic heterocycles. The summed E-state index contributed by atoms with van der Waals surface area (Å²) in [6.07, 6.45) is 1.97. The molecule has 25 heavy (non-hydrogen) atoms. The number of rotatable bonds is 3. The molecule has 2 aromatic rings. The van der Waals surface area contributed by atoms with Gasteiger partial charge in [0, 0.05) is 25.2 Å². The molecule has 2 N–H and O–H groups in total. The lowest BCUT2D eigenvalue weighted by Crippen LogP contribution is -2.33. The highest BCUT2D eigenvalue weighted by atomic mass is 16.5. The number of hydrogen-bond donors (Lipinski definition) is 1. The van der Waals surface area contributed by atoms with E-state index in [2.05, 4.69) is 29.2 Å². The van der Waals surface area contributed by atoms with Crippen molar-refractivity contribution in [1.82, 2.24) is 5.01 Å². The maximum Gasteiger partial charge on any atom is 0.142 e. The minimum Gasteiger partial charge on any atom is -0.496 e. The molecule has 0 saturated heterocycles. The summed E-state index contributed by atoms with van der Waals surface area (Å²) in [7, 11) is 1.73. The van der Waals surface area contributed by atoms with E-state index in [1.54, 1.807) is 7.11 Å². The highest BCUT2D eigenvalue weighted by Crippen LogP contribution is 2.37. The summed E-state index contributed by atoms with van der Waals surface area (Å²) in [4.78, 5) is 2.39. The van der Waals surface area contributed by atoms with Gasteiger partial charge < -0.3 is 14.4 Å². The number of para-hydroxylation sites is 1. The van der Waals surface area contributed by atoms with Crippen molar-refractivity contribution < 1.29 is 9.47 Å². The number of fused-ring (bicyclic) bond motifs is 2. The number of nitrogens with zero attached hydrogens (tertiary/aromatic N) is 2. The number of hydrazine groups is 1. The Hall–Kier alpha value is -2.24. The van der Waals surface area contributed by atoms with E-state index in [-0.39, 0.29) is 0 Å². The van der Waals surface area contributed by atoms with Crippen molar-refractivity contribution in [3.8, 4) is 11.5 Å². The molecule has 5 heteroatoms. The van der Waals surface area contributed by atoms with Crippen LogP contribution in [0.1, 0.15) is 16.7 Å². The van der Waals surface area contributed by atoms with Gasteiger partial charge in [-0.05, 0) is 42.2 Å². The number of ether oxygens (including phenoxy) is 2. The fourth-order valence-corrected chi connectivity index (χ4v) is 3.71. The molecular formula is C20H25N3O2. The van der Waals surface area contributed by atoms with Crippen LogP contribution in [0, 0.1) is 0 Å². The monoisotopic (exact) mass is 339 g/mol. The Labute approximate surface area is 148 Å². The summed E-state index contributed by atoms with van der Waals surface area (Å²) in [5, 5.41) is 1.91. The van der Waals surface area contributed by atoms with Crippen molar-refractivity contribution in [3.63, 3.8) is 0 Å². The zero-order valence-corrected chi connectivity index (χ0v) is 14.7. The van der Waals surface area contributed by atoms with E-state index in [0.717, 1.165) is 50.5 Å². The standard InChI is InChI=1S/C20H25N3O2/c1-24-19-5-3-2-4-17(19)14-22-10-11-25-20-13-16-7-9-23(21)8-6-15(16)12-18(20)22/h2-5,12-13H,6-11,14,21H2,1H3. The molecule has 0 aliphatic carbocycles. The largest absolute Gasteiger partial charge is 0.496 e. The van der Waals surface area contributed by atoms with Gasteiger partial charge in [0.1, 0.15) is 18.1 Å². The molecule has 2 aliphatic rings. The minimum atomic E-state index is 0.712. The highest BCUT2D eigenvalue weighted by Gasteiger charge is 2.23. The molecule has 2 aliphatic heterocycles. The van der Waals surface area contributed by atoms with Crippen LogP contribution in [0.3, 0.4) is 0 Å². The van der Waals surface area contributed by atoms with Crippen molar-refractivity contribution in [2.24, 2.45) is 5.84 Å². The van der Waals surface area contributed by atoms with Crippen LogP contribution in [0.5, 0.6) is 11.5 Å². The summed E-state index contributed by atoms with van der Waals surface area (Å²) in [6.45, 7) is 4.22. The van der Waals surface area contributed by atoms with E-state index >= 15 is 0 Å².